The summed E-state index contributed by atoms with van der Waals surface area (Å²) in [5.74, 6) is 1.13. The lowest BCUT2D eigenvalue weighted by molar-refractivity contribution is 0.414. The number of hydrogen-bond acceptors (Lipinski definition) is 5. The highest BCUT2D eigenvalue weighted by molar-refractivity contribution is 5.91. The van der Waals surface area contributed by atoms with Crippen molar-refractivity contribution in [1.29, 1.82) is 0 Å². The molecule has 1 aromatic heterocycles. The van der Waals surface area contributed by atoms with E-state index in [1.54, 1.807) is 31.5 Å². The van der Waals surface area contributed by atoms with Crippen molar-refractivity contribution in [2.75, 3.05) is 12.5 Å². The van der Waals surface area contributed by atoms with Crippen LogP contribution in [0.2, 0.25) is 0 Å². The standard InChI is InChI=1S/C22H17FN4O/c1-28-20-13-7-2-8-15(20)14-24-27-22-17-10-4-6-12-19(17)25-21(26-22)16-9-3-5-11-18(16)23/h2-14H,1H3,(H,25,26,27)/b24-14-. The molecular weight excluding hydrogens is 355 g/mol. The molecule has 5 nitrogen and oxygen atoms in total. The lowest BCUT2D eigenvalue weighted by Gasteiger charge is -2.09. The lowest BCUT2D eigenvalue weighted by atomic mass is 10.1. The Labute approximate surface area is 161 Å². The van der Waals surface area contributed by atoms with Crippen molar-refractivity contribution >= 4 is 22.9 Å². The zero-order chi connectivity index (χ0) is 19.3. The van der Waals surface area contributed by atoms with Gasteiger partial charge in [-0.05, 0) is 36.4 Å². The van der Waals surface area contributed by atoms with Gasteiger partial charge in [0, 0.05) is 10.9 Å². The normalized spacial score (nSPS) is 11.1. The minimum atomic E-state index is -0.374. The molecule has 0 spiro atoms. The highest BCUT2D eigenvalue weighted by atomic mass is 19.1. The number of fused-ring (bicyclic) bond motifs is 1. The summed E-state index contributed by atoms with van der Waals surface area (Å²) < 4.78 is 19.5. The summed E-state index contributed by atoms with van der Waals surface area (Å²) in [6.45, 7) is 0. The predicted molar refractivity (Wildman–Crippen MR) is 109 cm³/mol. The third kappa shape index (κ3) is 3.53. The Morgan fingerprint density at radius 3 is 2.54 bits per heavy atom. The van der Waals surface area contributed by atoms with Crippen LogP contribution in [0.3, 0.4) is 0 Å². The van der Waals surface area contributed by atoms with Gasteiger partial charge in [0.1, 0.15) is 11.6 Å². The SMILES string of the molecule is COc1ccccc1/C=N\Nc1nc(-c2ccccc2F)nc2ccccc12. The van der Waals surface area contributed by atoms with Crippen LogP contribution in [-0.2, 0) is 0 Å². The summed E-state index contributed by atoms with van der Waals surface area (Å²) in [7, 11) is 1.61. The van der Waals surface area contributed by atoms with Crippen LogP contribution in [0.5, 0.6) is 5.75 Å². The van der Waals surface area contributed by atoms with E-state index in [0.717, 1.165) is 10.9 Å². The fraction of sp³-hybridized carbons (Fsp3) is 0.0455. The van der Waals surface area contributed by atoms with E-state index in [-0.39, 0.29) is 5.82 Å². The predicted octanol–water partition coefficient (Wildman–Crippen LogP) is 4.89. The van der Waals surface area contributed by atoms with Gasteiger partial charge in [-0.3, -0.25) is 5.43 Å². The fourth-order valence-corrected chi connectivity index (χ4v) is 2.86. The second-order valence-corrected chi connectivity index (χ2v) is 6.00. The summed E-state index contributed by atoms with van der Waals surface area (Å²) in [6, 6.07) is 21.5. The number of nitrogens with zero attached hydrogens (tertiary/aromatic N) is 3. The Balaban J connectivity index is 1.74. The summed E-state index contributed by atoms with van der Waals surface area (Å²) in [6.07, 6.45) is 1.65. The maximum atomic E-state index is 14.2. The Bertz CT molecular complexity index is 1160. The highest BCUT2D eigenvalue weighted by Crippen LogP contribution is 2.26. The van der Waals surface area contributed by atoms with Crippen molar-refractivity contribution in [3.8, 4) is 17.1 Å². The van der Waals surface area contributed by atoms with Crippen LogP contribution in [0, 0.1) is 5.82 Å². The van der Waals surface area contributed by atoms with Gasteiger partial charge in [0.2, 0.25) is 0 Å². The van der Waals surface area contributed by atoms with Gasteiger partial charge in [-0.25, -0.2) is 14.4 Å². The van der Waals surface area contributed by atoms with Crippen molar-refractivity contribution < 1.29 is 9.13 Å². The first-order chi connectivity index (χ1) is 13.8. The second kappa shape index (κ2) is 7.84. The van der Waals surface area contributed by atoms with Crippen molar-refractivity contribution in [3.63, 3.8) is 0 Å². The van der Waals surface area contributed by atoms with E-state index in [2.05, 4.69) is 20.5 Å². The van der Waals surface area contributed by atoms with E-state index in [9.17, 15) is 4.39 Å². The molecule has 138 valence electrons. The lowest BCUT2D eigenvalue weighted by Crippen LogP contribution is -2.00. The van der Waals surface area contributed by atoms with Crippen LogP contribution in [0.25, 0.3) is 22.3 Å². The van der Waals surface area contributed by atoms with Gasteiger partial charge in [-0.1, -0.05) is 36.4 Å². The molecule has 1 heterocycles. The summed E-state index contributed by atoms with van der Waals surface area (Å²) in [5.41, 5.74) is 4.82. The molecule has 28 heavy (non-hydrogen) atoms. The molecule has 0 fully saturated rings. The van der Waals surface area contributed by atoms with Crippen LogP contribution in [0.4, 0.5) is 10.2 Å². The van der Waals surface area contributed by atoms with Gasteiger partial charge in [-0.15, -0.1) is 0 Å². The first-order valence-corrected chi connectivity index (χ1v) is 8.70. The van der Waals surface area contributed by atoms with E-state index in [4.69, 9.17) is 4.74 Å². The number of anilines is 1. The quantitative estimate of drug-likeness (QED) is 0.400. The molecule has 0 saturated heterocycles. The highest BCUT2D eigenvalue weighted by Gasteiger charge is 2.12. The molecule has 0 unspecified atom stereocenters. The van der Waals surface area contributed by atoms with Crippen LogP contribution >= 0.6 is 0 Å². The number of aromatic nitrogens is 2. The maximum absolute atomic E-state index is 14.2. The van der Waals surface area contributed by atoms with Gasteiger partial charge in [-0.2, -0.15) is 5.10 Å². The Morgan fingerprint density at radius 1 is 0.929 bits per heavy atom. The molecule has 0 saturated carbocycles. The number of ether oxygens (including phenoxy) is 1. The number of hydrazone groups is 1. The van der Waals surface area contributed by atoms with Gasteiger partial charge in [0.05, 0.1) is 24.4 Å². The number of halogens is 1. The van der Waals surface area contributed by atoms with E-state index >= 15 is 0 Å². The largest absolute Gasteiger partial charge is 0.496 e. The molecule has 4 aromatic rings. The summed E-state index contributed by atoms with van der Waals surface area (Å²) in [5, 5.41) is 5.08. The van der Waals surface area contributed by atoms with E-state index in [1.165, 1.54) is 6.07 Å². The topological polar surface area (TPSA) is 59.4 Å². The molecule has 0 aliphatic rings. The number of benzene rings is 3. The number of nitrogens with one attached hydrogen (secondary N) is 1. The average Bonchev–Trinajstić information content (AvgIpc) is 2.74. The van der Waals surface area contributed by atoms with Gasteiger partial charge >= 0.3 is 0 Å². The maximum Gasteiger partial charge on any atom is 0.165 e. The third-order valence-electron chi connectivity index (χ3n) is 4.23. The van der Waals surface area contributed by atoms with Crippen LogP contribution in [-0.4, -0.2) is 23.3 Å². The average molecular weight is 372 g/mol. The second-order valence-electron chi connectivity index (χ2n) is 6.00. The number of methoxy groups -OCH3 is 1. The van der Waals surface area contributed by atoms with E-state index < -0.39 is 0 Å². The van der Waals surface area contributed by atoms with Gasteiger partial charge in [0.15, 0.2) is 11.6 Å². The fourth-order valence-electron chi connectivity index (χ4n) is 2.86. The van der Waals surface area contributed by atoms with Gasteiger partial charge < -0.3 is 4.74 Å². The molecular formula is C22H17FN4O. The molecule has 0 radical (unpaired) electrons. The Morgan fingerprint density at radius 2 is 1.68 bits per heavy atom. The molecule has 6 heteroatoms. The molecule has 4 rings (SSSR count). The van der Waals surface area contributed by atoms with Crippen molar-refractivity contribution in [3.05, 3.63) is 84.2 Å². The number of hydrogen-bond donors (Lipinski definition) is 1. The van der Waals surface area contributed by atoms with Crippen LogP contribution < -0.4 is 10.2 Å². The van der Waals surface area contributed by atoms with Crippen molar-refractivity contribution in [2.24, 2.45) is 5.10 Å². The number of para-hydroxylation sites is 2. The smallest absolute Gasteiger partial charge is 0.165 e. The minimum Gasteiger partial charge on any atom is -0.496 e. The first-order valence-electron chi connectivity index (χ1n) is 8.70. The number of rotatable bonds is 5. The van der Waals surface area contributed by atoms with E-state index in [1.807, 2.05) is 48.5 Å². The molecule has 0 aliphatic heterocycles. The molecule has 0 bridgehead atoms. The van der Waals surface area contributed by atoms with Crippen LogP contribution in [0.1, 0.15) is 5.56 Å². The van der Waals surface area contributed by atoms with Crippen molar-refractivity contribution in [1.82, 2.24) is 9.97 Å². The third-order valence-corrected chi connectivity index (χ3v) is 4.23. The first kappa shape index (κ1) is 17.6. The summed E-state index contributed by atoms with van der Waals surface area (Å²) >= 11 is 0. The molecule has 3 aromatic carbocycles. The van der Waals surface area contributed by atoms with Gasteiger partial charge in [0.25, 0.3) is 0 Å². The summed E-state index contributed by atoms with van der Waals surface area (Å²) in [4.78, 5) is 9.00. The molecule has 0 aliphatic carbocycles. The molecule has 0 atom stereocenters. The molecule has 1 N–H and O–H groups in total. The van der Waals surface area contributed by atoms with Crippen LogP contribution in [0.15, 0.2) is 77.9 Å². The minimum absolute atomic E-state index is 0.298. The Kier molecular flexibility index (Phi) is 4.93. The monoisotopic (exact) mass is 372 g/mol. The Hall–Kier alpha value is -3.80. The molecule has 0 amide bonds. The zero-order valence-corrected chi connectivity index (χ0v) is 15.1. The van der Waals surface area contributed by atoms with Crippen molar-refractivity contribution in [2.45, 2.75) is 0 Å². The van der Waals surface area contributed by atoms with E-state index in [0.29, 0.717) is 28.5 Å². The zero-order valence-electron chi connectivity index (χ0n) is 15.1.